The molecule has 0 spiro atoms. The molecule has 24 heavy (non-hydrogen) atoms. The average molecular weight is 340 g/mol. The highest BCUT2D eigenvalue weighted by Crippen LogP contribution is 2.33. The SMILES string of the molecule is COc1ccc(C2CCCN2Cn2nc3ccccn3c2=S)cc1. The molecule has 1 fully saturated rings. The highest BCUT2D eigenvalue weighted by atomic mass is 32.1. The number of likely N-dealkylation sites (tertiary alicyclic amines) is 1. The van der Waals surface area contributed by atoms with Gasteiger partial charge in [0.05, 0.1) is 13.8 Å². The van der Waals surface area contributed by atoms with Gasteiger partial charge in [-0.1, -0.05) is 18.2 Å². The first kappa shape index (κ1) is 15.4. The average Bonchev–Trinajstić information content (AvgIpc) is 3.21. The van der Waals surface area contributed by atoms with Crippen molar-refractivity contribution in [2.45, 2.75) is 25.6 Å². The van der Waals surface area contributed by atoms with Gasteiger partial charge in [0.25, 0.3) is 0 Å². The summed E-state index contributed by atoms with van der Waals surface area (Å²) in [5.41, 5.74) is 2.21. The third-order valence-corrected chi connectivity index (χ3v) is 5.08. The van der Waals surface area contributed by atoms with Crippen molar-refractivity contribution >= 4 is 17.9 Å². The van der Waals surface area contributed by atoms with Crippen LogP contribution in [0.3, 0.4) is 0 Å². The van der Waals surface area contributed by atoms with E-state index in [2.05, 4.69) is 22.1 Å². The first-order valence-electron chi connectivity index (χ1n) is 8.18. The lowest BCUT2D eigenvalue weighted by molar-refractivity contribution is 0.190. The van der Waals surface area contributed by atoms with Crippen LogP contribution >= 0.6 is 12.2 Å². The third-order valence-electron chi connectivity index (χ3n) is 4.67. The largest absolute Gasteiger partial charge is 0.497 e. The molecule has 0 bridgehead atoms. The quantitative estimate of drug-likeness (QED) is 0.679. The van der Waals surface area contributed by atoms with Gasteiger partial charge in [-0.05, 0) is 54.9 Å². The fourth-order valence-corrected chi connectivity index (χ4v) is 3.68. The Kier molecular flexibility index (Phi) is 4.08. The number of rotatable bonds is 4. The number of methoxy groups -OCH3 is 1. The molecule has 0 N–H and O–H groups in total. The normalized spacial score (nSPS) is 18.3. The number of nitrogens with zero attached hydrogens (tertiary/aromatic N) is 4. The minimum atomic E-state index is 0.405. The fourth-order valence-electron chi connectivity index (χ4n) is 3.43. The van der Waals surface area contributed by atoms with Crippen LogP contribution in [0.25, 0.3) is 5.65 Å². The Hall–Kier alpha value is -2.18. The summed E-state index contributed by atoms with van der Waals surface area (Å²) in [5, 5.41) is 4.65. The molecule has 4 rings (SSSR count). The molecular formula is C18H20N4OS. The summed E-state index contributed by atoms with van der Waals surface area (Å²) >= 11 is 5.57. The molecule has 0 amide bonds. The van der Waals surface area contributed by atoms with Crippen LogP contribution in [0, 0.1) is 4.77 Å². The molecule has 1 aliphatic rings. The molecule has 3 aromatic rings. The van der Waals surface area contributed by atoms with Crippen LogP contribution in [0.1, 0.15) is 24.4 Å². The van der Waals surface area contributed by atoms with E-state index in [1.165, 1.54) is 12.0 Å². The maximum absolute atomic E-state index is 5.57. The highest BCUT2D eigenvalue weighted by molar-refractivity contribution is 7.71. The van der Waals surface area contributed by atoms with E-state index in [1.807, 2.05) is 45.6 Å². The van der Waals surface area contributed by atoms with Gasteiger partial charge in [-0.15, -0.1) is 0 Å². The standard InChI is InChI=1S/C18H20N4OS/c1-23-15-9-7-14(8-10-15)16-5-4-11-20(16)13-22-18(24)21-12-3-2-6-17(21)19-22/h2-3,6-10,12,16H,4-5,11,13H2,1H3. The maximum atomic E-state index is 5.57. The van der Waals surface area contributed by atoms with Crippen molar-refractivity contribution in [3.63, 3.8) is 0 Å². The van der Waals surface area contributed by atoms with Crippen molar-refractivity contribution in [1.82, 2.24) is 19.1 Å². The van der Waals surface area contributed by atoms with Crippen molar-refractivity contribution in [1.29, 1.82) is 0 Å². The summed E-state index contributed by atoms with van der Waals surface area (Å²) in [6.07, 6.45) is 4.32. The van der Waals surface area contributed by atoms with Crippen molar-refractivity contribution in [2.75, 3.05) is 13.7 Å². The zero-order chi connectivity index (χ0) is 16.5. The number of fused-ring (bicyclic) bond motifs is 1. The molecule has 1 aromatic carbocycles. The van der Waals surface area contributed by atoms with Crippen LogP contribution in [-0.2, 0) is 6.67 Å². The van der Waals surface area contributed by atoms with Crippen molar-refractivity contribution in [3.05, 3.63) is 59.0 Å². The monoisotopic (exact) mass is 340 g/mol. The second-order valence-corrected chi connectivity index (χ2v) is 6.46. The summed E-state index contributed by atoms with van der Waals surface area (Å²) in [5.74, 6) is 0.894. The number of pyridine rings is 1. The van der Waals surface area contributed by atoms with E-state index in [9.17, 15) is 0 Å². The molecular weight excluding hydrogens is 320 g/mol. The maximum Gasteiger partial charge on any atom is 0.203 e. The molecule has 0 saturated carbocycles. The zero-order valence-electron chi connectivity index (χ0n) is 13.6. The first-order valence-corrected chi connectivity index (χ1v) is 8.59. The predicted octanol–water partition coefficient (Wildman–Crippen LogP) is 3.67. The summed E-state index contributed by atoms with van der Waals surface area (Å²) < 4.78 is 9.88. The highest BCUT2D eigenvalue weighted by Gasteiger charge is 2.26. The Bertz CT molecular complexity index is 899. The summed E-state index contributed by atoms with van der Waals surface area (Å²) in [4.78, 5) is 2.45. The summed E-state index contributed by atoms with van der Waals surface area (Å²) in [6, 6.07) is 14.7. The lowest BCUT2D eigenvalue weighted by atomic mass is 10.0. The smallest absolute Gasteiger partial charge is 0.203 e. The number of hydrogen-bond donors (Lipinski definition) is 0. The van der Waals surface area contributed by atoms with Gasteiger partial charge in [-0.25, -0.2) is 4.68 Å². The van der Waals surface area contributed by atoms with E-state index >= 15 is 0 Å². The van der Waals surface area contributed by atoms with E-state index < -0.39 is 0 Å². The Morgan fingerprint density at radius 2 is 2.04 bits per heavy atom. The number of ether oxygens (including phenoxy) is 1. The van der Waals surface area contributed by atoms with Crippen molar-refractivity contribution in [3.8, 4) is 5.75 Å². The second kappa shape index (κ2) is 6.37. The molecule has 0 radical (unpaired) electrons. The van der Waals surface area contributed by atoms with Crippen molar-refractivity contribution < 1.29 is 4.74 Å². The predicted molar refractivity (Wildman–Crippen MR) is 95.7 cm³/mol. The molecule has 5 nitrogen and oxygen atoms in total. The number of aromatic nitrogens is 3. The van der Waals surface area contributed by atoms with E-state index in [0.29, 0.717) is 6.04 Å². The fraction of sp³-hybridized carbons (Fsp3) is 0.333. The molecule has 1 unspecified atom stereocenters. The van der Waals surface area contributed by atoms with Gasteiger partial charge in [0.2, 0.25) is 4.77 Å². The zero-order valence-corrected chi connectivity index (χ0v) is 14.4. The first-order chi connectivity index (χ1) is 11.8. The third kappa shape index (κ3) is 2.72. The van der Waals surface area contributed by atoms with Crippen LogP contribution in [0.4, 0.5) is 0 Å². The summed E-state index contributed by atoms with van der Waals surface area (Å²) in [6.45, 7) is 1.78. The van der Waals surface area contributed by atoms with Gasteiger partial charge in [-0.2, -0.15) is 5.10 Å². The Labute approximate surface area is 146 Å². The Morgan fingerprint density at radius 1 is 1.21 bits per heavy atom. The van der Waals surface area contributed by atoms with Gasteiger partial charge >= 0.3 is 0 Å². The van der Waals surface area contributed by atoms with Gasteiger partial charge in [-0.3, -0.25) is 9.30 Å². The molecule has 6 heteroatoms. The van der Waals surface area contributed by atoms with E-state index in [4.69, 9.17) is 17.0 Å². The van der Waals surface area contributed by atoms with Crippen LogP contribution in [0.15, 0.2) is 48.7 Å². The molecule has 1 aliphatic heterocycles. The van der Waals surface area contributed by atoms with Gasteiger partial charge < -0.3 is 4.74 Å². The summed E-state index contributed by atoms with van der Waals surface area (Å²) in [7, 11) is 1.70. The molecule has 1 saturated heterocycles. The number of benzene rings is 1. The molecule has 2 aromatic heterocycles. The molecule has 124 valence electrons. The van der Waals surface area contributed by atoms with E-state index in [-0.39, 0.29) is 0 Å². The van der Waals surface area contributed by atoms with Gasteiger partial charge in [0.15, 0.2) is 5.65 Å². The van der Waals surface area contributed by atoms with Crippen LogP contribution < -0.4 is 4.74 Å². The molecule has 0 aliphatic carbocycles. The van der Waals surface area contributed by atoms with Crippen LogP contribution in [0.2, 0.25) is 0 Å². The van der Waals surface area contributed by atoms with Crippen LogP contribution in [0.5, 0.6) is 5.75 Å². The van der Waals surface area contributed by atoms with Crippen LogP contribution in [-0.4, -0.2) is 32.7 Å². The number of hydrogen-bond acceptors (Lipinski definition) is 4. The van der Waals surface area contributed by atoms with Gasteiger partial charge in [0, 0.05) is 18.8 Å². The van der Waals surface area contributed by atoms with E-state index in [0.717, 1.165) is 35.8 Å². The molecule has 3 heterocycles. The molecule has 1 atom stereocenters. The minimum Gasteiger partial charge on any atom is -0.497 e. The topological polar surface area (TPSA) is 34.7 Å². The van der Waals surface area contributed by atoms with Crippen molar-refractivity contribution in [2.24, 2.45) is 0 Å². The lowest BCUT2D eigenvalue weighted by Crippen LogP contribution is -2.26. The Balaban J connectivity index is 1.60. The second-order valence-electron chi connectivity index (χ2n) is 6.10. The Morgan fingerprint density at radius 3 is 2.79 bits per heavy atom. The van der Waals surface area contributed by atoms with Gasteiger partial charge in [0.1, 0.15) is 5.75 Å². The minimum absolute atomic E-state index is 0.405. The van der Waals surface area contributed by atoms with E-state index in [1.54, 1.807) is 7.11 Å². The lowest BCUT2D eigenvalue weighted by Gasteiger charge is -2.24.